The molecule has 3 heterocycles. The summed E-state index contributed by atoms with van der Waals surface area (Å²) in [5, 5.41) is 2.73. The average Bonchev–Trinajstić information content (AvgIpc) is 3.19. The molecule has 6 nitrogen and oxygen atoms in total. The Hall–Kier alpha value is -2.67. The van der Waals surface area contributed by atoms with Crippen LogP contribution in [0.4, 0.5) is 10.1 Å². The van der Waals surface area contributed by atoms with Crippen molar-refractivity contribution in [3.8, 4) is 0 Å². The molecule has 2 aromatic rings. The molecule has 0 spiro atoms. The number of nitrogens with one attached hydrogen (secondary N) is 1. The number of hydrogen-bond acceptors (Lipinski definition) is 3. The molecule has 0 saturated carbocycles. The summed E-state index contributed by atoms with van der Waals surface area (Å²) in [7, 11) is 0. The van der Waals surface area contributed by atoms with Crippen LogP contribution in [0.1, 0.15) is 17.9 Å². The first-order valence-electron chi connectivity index (χ1n) is 9.31. The van der Waals surface area contributed by atoms with E-state index in [1.165, 1.54) is 18.2 Å². The van der Waals surface area contributed by atoms with Crippen molar-refractivity contribution in [1.29, 1.82) is 0 Å². The van der Waals surface area contributed by atoms with E-state index >= 15 is 0 Å². The summed E-state index contributed by atoms with van der Waals surface area (Å²) >= 11 is 0. The molecule has 142 valence electrons. The number of nitrogens with zero attached hydrogens (tertiary/aromatic N) is 3. The van der Waals surface area contributed by atoms with Gasteiger partial charge in [-0.2, -0.15) is 0 Å². The maximum absolute atomic E-state index is 13.7. The van der Waals surface area contributed by atoms with E-state index in [0.29, 0.717) is 24.3 Å². The maximum atomic E-state index is 13.7. The van der Waals surface area contributed by atoms with Gasteiger partial charge >= 0.3 is 0 Å². The van der Waals surface area contributed by atoms with Crippen molar-refractivity contribution in [3.05, 3.63) is 54.1 Å². The third-order valence-corrected chi connectivity index (χ3v) is 5.38. The van der Waals surface area contributed by atoms with E-state index in [0.717, 1.165) is 26.2 Å². The van der Waals surface area contributed by atoms with Gasteiger partial charge in [-0.05, 0) is 35.9 Å². The number of halogens is 1. The second-order valence-electron chi connectivity index (χ2n) is 7.12. The molecule has 1 aromatic carbocycles. The number of amides is 2. The summed E-state index contributed by atoms with van der Waals surface area (Å²) in [6.45, 7) is 4.75. The summed E-state index contributed by atoms with van der Waals surface area (Å²) in [6, 6.07) is 8.22. The second-order valence-corrected chi connectivity index (χ2v) is 7.12. The Morgan fingerprint density at radius 2 is 1.85 bits per heavy atom. The van der Waals surface area contributed by atoms with Crippen LogP contribution in [0, 0.1) is 5.82 Å². The average molecular weight is 370 g/mol. The Kier molecular flexibility index (Phi) is 4.94. The van der Waals surface area contributed by atoms with Crippen molar-refractivity contribution in [3.63, 3.8) is 0 Å². The molecular weight excluding hydrogens is 347 g/mol. The summed E-state index contributed by atoms with van der Waals surface area (Å²) in [4.78, 5) is 29.1. The summed E-state index contributed by atoms with van der Waals surface area (Å²) in [6.07, 6.45) is 4.16. The molecule has 1 aromatic heterocycles. The number of carbonyl (C=O) groups excluding carboxylic acids is 2. The minimum atomic E-state index is -0.601. The van der Waals surface area contributed by atoms with Gasteiger partial charge in [-0.3, -0.25) is 14.5 Å². The summed E-state index contributed by atoms with van der Waals surface area (Å²) in [5.41, 5.74) is 1.12. The minimum Gasteiger partial charge on any atom is -0.353 e. The van der Waals surface area contributed by atoms with Gasteiger partial charge in [0, 0.05) is 63.8 Å². The van der Waals surface area contributed by atoms with Gasteiger partial charge in [0.25, 0.3) is 0 Å². The molecule has 4 rings (SSSR count). The number of rotatable bonds is 4. The zero-order valence-corrected chi connectivity index (χ0v) is 15.1. The molecule has 0 radical (unpaired) electrons. The fraction of sp³-hybridized carbons (Fsp3) is 0.400. The molecule has 1 atom stereocenters. The maximum Gasteiger partial charge on any atom is 0.230 e. The molecule has 2 amide bonds. The van der Waals surface area contributed by atoms with E-state index in [4.69, 9.17) is 0 Å². The first-order valence-corrected chi connectivity index (χ1v) is 9.31. The number of carbonyl (C=O) groups is 2. The Labute approximate surface area is 157 Å². The van der Waals surface area contributed by atoms with Crippen molar-refractivity contribution < 1.29 is 14.0 Å². The van der Waals surface area contributed by atoms with Crippen LogP contribution in [0.15, 0.2) is 42.7 Å². The van der Waals surface area contributed by atoms with Crippen LogP contribution in [0.2, 0.25) is 0 Å². The smallest absolute Gasteiger partial charge is 0.230 e. The van der Waals surface area contributed by atoms with Gasteiger partial charge in [-0.1, -0.05) is 0 Å². The zero-order chi connectivity index (χ0) is 18.8. The normalized spacial score (nSPS) is 20.3. The van der Waals surface area contributed by atoms with Crippen molar-refractivity contribution in [2.75, 3.05) is 38.0 Å². The SMILES string of the molecule is O=C1CC(C(=O)N2CCN(CCn3cccc3)CC2)c2cc(F)ccc2N1. The predicted molar refractivity (Wildman–Crippen MR) is 99.8 cm³/mol. The molecule has 1 saturated heterocycles. The number of benzene rings is 1. The van der Waals surface area contributed by atoms with Crippen LogP contribution in [0.25, 0.3) is 0 Å². The summed E-state index contributed by atoms with van der Waals surface area (Å²) < 4.78 is 15.8. The van der Waals surface area contributed by atoms with Crippen molar-refractivity contribution in [2.24, 2.45) is 0 Å². The number of piperazine rings is 1. The van der Waals surface area contributed by atoms with Crippen LogP contribution < -0.4 is 5.32 Å². The van der Waals surface area contributed by atoms with E-state index in [1.807, 2.05) is 29.4 Å². The minimum absolute atomic E-state index is 0.0725. The van der Waals surface area contributed by atoms with Crippen LogP contribution in [0.3, 0.4) is 0 Å². The highest BCUT2D eigenvalue weighted by molar-refractivity contribution is 6.01. The highest BCUT2D eigenvalue weighted by atomic mass is 19.1. The largest absolute Gasteiger partial charge is 0.353 e. The lowest BCUT2D eigenvalue weighted by Crippen LogP contribution is -2.51. The van der Waals surface area contributed by atoms with Gasteiger partial charge in [0.05, 0.1) is 5.92 Å². The van der Waals surface area contributed by atoms with Gasteiger partial charge in [-0.25, -0.2) is 4.39 Å². The monoisotopic (exact) mass is 370 g/mol. The van der Waals surface area contributed by atoms with Crippen LogP contribution in [-0.2, 0) is 16.1 Å². The lowest BCUT2D eigenvalue weighted by molar-refractivity contribution is -0.136. The predicted octanol–water partition coefficient (Wildman–Crippen LogP) is 1.90. The Bertz CT molecular complexity index is 829. The molecule has 1 unspecified atom stereocenters. The zero-order valence-electron chi connectivity index (χ0n) is 15.1. The first-order chi connectivity index (χ1) is 13.1. The quantitative estimate of drug-likeness (QED) is 0.894. The fourth-order valence-corrected chi connectivity index (χ4v) is 3.84. The highest BCUT2D eigenvalue weighted by Gasteiger charge is 2.34. The molecule has 2 aliphatic heterocycles. The third kappa shape index (κ3) is 3.88. The topological polar surface area (TPSA) is 57.6 Å². The molecule has 7 heteroatoms. The highest BCUT2D eigenvalue weighted by Crippen LogP contribution is 2.34. The second kappa shape index (κ2) is 7.52. The summed E-state index contributed by atoms with van der Waals surface area (Å²) in [5.74, 6) is -1.27. The number of anilines is 1. The van der Waals surface area contributed by atoms with Crippen molar-refractivity contribution >= 4 is 17.5 Å². The lowest BCUT2D eigenvalue weighted by Gasteiger charge is -2.37. The molecule has 0 aliphatic carbocycles. The van der Waals surface area contributed by atoms with E-state index in [1.54, 1.807) is 0 Å². The van der Waals surface area contributed by atoms with E-state index in [2.05, 4.69) is 14.8 Å². The Morgan fingerprint density at radius 3 is 2.59 bits per heavy atom. The van der Waals surface area contributed by atoms with E-state index in [9.17, 15) is 14.0 Å². The van der Waals surface area contributed by atoms with Gasteiger partial charge in [-0.15, -0.1) is 0 Å². The Balaban J connectivity index is 1.38. The van der Waals surface area contributed by atoms with Gasteiger partial charge in [0.15, 0.2) is 0 Å². The van der Waals surface area contributed by atoms with Gasteiger partial charge in [0.1, 0.15) is 5.82 Å². The molecule has 1 fully saturated rings. The molecule has 0 bridgehead atoms. The van der Waals surface area contributed by atoms with E-state index < -0.39 is 11.7 Å². The third-order valence-electron chi connectivity index (χ3n) is 5.38. The molecule has 27 heavy (non-hydrogen) atoms. The first kappa shape index (κ1) is 17.7. The lowest BCUT2D eigenvalue weighted by atomic mass is 9.89. The molecule has 1 N–H and O–H groups in total. The van der Waals surface area contributed by atoms with Crippen molar-refractivity contribution in [1.82, 2.24) is 14.4 Å². The van der Waals surface area contributed by atoms with Gasteiger partial charge < -0.3 is 14.8 Å². The number of aromatic nitrogens is 1. The standard InChI is InChI=1S/C20H23FN4O2/c21-15-3-4-18-16(13-15)17(14-19(26)22-18)20(27)25-11-9-24(10-12-25)8-7-23-5-1-2-6-23/h1-6,13,17H,7-12,14H2,(H,22,26). The van der Waals surface area contributed by atoms with Gasteiger partial charge in [0.2, 0.25) is 11.8 Å². The van der Waals surface area contributed by atoms with Crippen molar-refractivity contribution in [2.45, 2.75) is 18.9 Å². The van der Waals surface area contributed by atoms with Crippen LogP contribution in [-0.4, -0.2) is 58.9 Å². The molecule has 2 aliphatic rings. The number of fused-ring (bicyclic) bond motifs is 1. The van der Waals surface area contributed by atoms with Crippen LogP contribution >= 0.6 is 0 Å². The number of hydrogen-bond donors (Lipinski definition) is 1. The van der Waals surface area contributed by atoms with Crippen LogP contribution in [0.5, 0.6) is 0 Å². The Morgan fingerprint density at radius 1 is 1.11 bits per heavy atom. The van der Waals surface area contributed by atoms with E-state index in [-0.39, 0.29) is 18.2 Å². The molecular formula is C20H23FN4O2. The fourth-order valence-electron chi connectivity index (χ4n) is 3.84.